The fourth-order valence-corrected chi connectivity index (χ4v) is 6.37. The highest BCUT2D eigenvalue weighted by Gasteiger charge is 2.38. The van der Waals surface area contributed by atoms with Crippen LogP contribution >= 0.6 is 0 Å². The molecule has 0 spiro atoms. The van der Waals surface area contributed by atoms with Crippen LogP contribution in [-0.2, 0) is 4.74 Å². The predicted molar refractivity (Wildman–Crippen MR) is 140 cm³/mol. The van der Waals surface area contributed by atoms with Gasteiger partial charge in [0, 0.05) is 30.5 Å². The molecule has 1 N–H and O–H groups in total. The first kappa shape index (κ1) is 25.0. The van der Waals surface area contributed by atoms with Crippen molar-refractivity contribution in [1.29, 1.82) is 0 Å². The number of aliphatic hydroxyl groups excluding tert-OH is 1. The lowest BCUT2D eigenvalue weighted by atomic mass is 9.92. The summed E-state index contributed by atoms with van der Waals surface area (Å²) in [6, 6.07) is 9.96. The van der Waals surface area contributed by atoms with E-state index in [0.29, 0.717) is 18.5 Å². The van der Waals surface area contributed by atoms with E-state index >= 15 is 0 Å². The van der Waals surface area contributed by atoms with Gasteiger partial charge in [0.15, 0.2) is 11.6 Å². The van der Waals surface area contributed by atoms with E-state index in [1.807, 2.05) is 13.8 Å². The van der Waals surface area contributed by atoms with Crippen LogP contribution in [0.5, 0.6) is 0 Å². The van der Waals surface area contributed by atoms with Crippen molar-refractivity contribution in [2.24, 2.45) is 0 Å². The molecule has 3 heterocycles. The summed E-state index contributed by atoms with van der Waals surface area (Å²) >= 11 is 0. The van der Waals surface area contributed by atoms with E-state index in [0.717, 1.165) is 77.3 Å². The fraction of sp³-hybridized carbons (Fsp3) is 0.448. The SMILES string of the molecule is CO[C@H]1CC[C@@H](n2c([C@@H]3CCC(O)N3c3ccc(F)c(F)c3)nc3cc(-c4c(C)noc4C)ccc32)CC1. The number of hydrogen-bond acceptors (Lipinski definition) is 6. The maximum absolute atomic E-state index is 14.2. The molecule has 0 bridgehead atoms. The molecule has 2 atom stereocenters. The van der Waals surface area contributed by atoms with Crippen molar-refractivity contribution in [1.82, 2.24) is 14.7 Å². The topological polar surface area (TPSA) is 76.6 Å². The molecule has 4 aromatic rings. The van der Waals surface area contributed by atoms with Gasteiger partial charge in [-0.3, -0.25) is 0 Å². The van der Waals surface area contributed by atoms with Crippen molar-refractivity contribution in [3.8, 4) is 11.1 Å². The van der Waals surface area contributed by atoms with Gasteiger partial charge < -0.3 is 23.8 Å². The molecule has 2 aliphatic rings. The number of fused-ring (bicyclic) bond motifs is 1. The summed E-state index contributed by atoms with van der Waals surface area (Å²) in [5.74, 6) is -0.260. The Kier molecular flexibility index (Phi) is 6.44. The Morgan fingerprint density at radius 3 is 2.45 bits per heavy atom. The van der Waals surface area contributed by atoms with Gasteiger partial charge in [-0.1, -0.05) is 11.2 Å². The molecule has 2 aromatic heterocycles. The Hall–Kier alpha value is -3.30. The van der Waals surface area contributed by atoms with Gasteiger partial charge in [0.25, 0.3) is 0 Å². The number of ether oxygens (including phenoxy) is 1. The highest BCUT2D eigenvalue weighted by Crippen LogP contribution is 2.43. The second-order valence-electron chi connectivity index (χ2n) is 10.5. The second-order valence-corrected chi connectivity index (χ2v) is 10.5. The van der Waals surface area contributed by atoms with Crippen molar-refractivity contribution in [2.75, 3.05) is 12.0 Å². The highest BCUT2D eigenvalue weighted by molar-refractivity contribution is 5.84. The predicted octanol–water partition coefficient (Wildman–Crippen LogP) is 6.38. The third-order valence-corrected chi connectivity index (χ3v) is 8.24. The Labute approximate surface area is 220 Å². The molecule has 1 saturated carbocycles. The summed E-state index contributed by atoms with van der Waals surface area (Å²) in [4.78, 5) is 6.92. The summed E-state index contributed by atoms with van der Waals surface area (Å²) in [5.41, 5.74) is 5.07. The number of halogens is 2. The quantitative estimate of drug-likeness (QED) is 0.328. The molecule has 38 heavy (non-hydrogen) atoms. The molecule has 0 radical (unpaired) electrons. The summed E-state index contributed by atoms with van der Waals surface area (Å²) < 4.78 is 41.3. The molecule has 1 aliphatic heterocycles. The van der Waals surface area contributed by atoms with Gasteiger partial charge in [-0.15, -0.1) is 0 Å². The molecular formula is C29H32F2N4O3. The normalized spacial score (nSPS) is 24.0. The first-order valence-corrected chi connectivity index (χ1v) is 13.2. The van der Waals surface area contributed by atoms with Crippen molar-refractivity contribution in [3.63, 3.8) is 0 Å². The highest BCUT2D eigenvalue weighted by atomic mass is 19.2. The van der Waals surface area contributed by atoms with Crippen LogP contribution in [0.3, 0.4) is 0 Å². The number of rotatable bonds is 5. The number of aliphatic hydroxyl groups is 1. The van der Waals surface area contributed by atoms with Crippen LogP contribution in [0.15, 0.2) is 40.9 Å². The average Bonchev–Trinajstić information content (AvgIpc) is 3.59. The van der Waals surface area contributed by atoms with E-state index in [1.54, 1.807) is 12.0 Å². The zero-order chi connectivity index (χ0) is 26.6. The number of benzene rings is 2. The molecule has 2 aromatic carbocycles. The summed E-state index contributed by atoms with van der Waals surface area (Å²) in [6.45, 7) is 3.82. The molecular weight excluding hydrogens is 490 g/mol. The molecule has 1 aliphatic carbocycles. The summed E-state index contributed by atoms with van der Waals surface area (Å²) in [5, 5.41) is 15.1. The third kappa shape index (κ3) is 4.18. The number of anilines is 1. The van der Waals surface area contributed by atoms with Crippen LogP contribution in [-0.4, -0.2) is 39.3 Å². The van der Waals surface area contributed by atoms with E-state index < -0.39 is 17.9 Å². The average molecular weight is 523 g/mol. The molecule has 1 unspecified atom stereocenters. The van der Waals surface area contributed by atoms with Gasteiger partial charge in [0.05, 0.1) is 28.9 Å². The molecule has 200 valence electrons. The number of nitrogens with zero attached hydrogens (tertiary/aromatic N) is 4. The largest absolute Gasteiger partial charge is 0.381 e. The molecule has 1 saturated heterocycles. The van der Waals surface area contributed by atoms with Crippen molar-refractivity contribution in [2.45, 2.75) is 76.8 Å². The lowest BCUT2D eigenvalue weighted by molar-refractivity contribution is 0.0584. The Balaban J connectivity index is 1.48. The van der Waals surface area contributed by atoms with Crippen LogP contribution in [0, 0.1) is 25.5 Å². The Morgan fingerprint density at radius 2 is 1.76 bits per heavy atom. The van der Waals surface area contributed by atoms with E-state index in [2.05, 4.69) is 27.9 Å². The van der Waals surface area contributed by atoms with Crippen LogP contribution in [0.25, 0.3) is 22.2 Å². The smallest absolute Gasteiger partial charge is 0.160 e. The maximum atomic E-state index is 14.2. The Bertz CT molecular complexity index is 1450. The van der Waals surface area contributed by atoms with Crippen molar-refractivity contribution in [3.05, 3.63) is 65.3 Å². The first-order valence-electron chi connectivity index (χ1n) is 13.2. The number of methoxy groups -OCH3 is 1. The molecule has 2 fully saturated rings. The Morgan fingerprint density at radius 1 is 0.974 bits per heavy atom. The number of aryl methyl sites for hydroxylation is 2. The molecule has 6 rings (SSSR count). The van der Waals surface area contributed by atoms with Gasteiger partial charge in [0.1, 0.15) is 17.8 Å². The number of imidazole rings is 1. The second kappa shape index (κ2) is 9.78. The lowest BCUT2D eigenvalue weighted by Crippen LogP contribution is -2.33. The minimum Gasteiger partial charge on any atom is -0.381 e. The fourth-order valence-electron chi connectivity index (χ4n) is 6.37. The maximum Gasteiger partial charge on any atom is 0.160 e. The zero-order valence-corrected chi connectivity index (χ0v) is 21.8. The van der Waals surface area contributed by atoms with Gasteiger partial charge >= 0.3 is 0 Å². The molecule has 9 heteroatoms. The number of hydrogen-bond donors (Lipinski definition) is 1. The summed E-state index contributed by atoms with van der Waals surface area (Å²) in [7, 11) is 1.76. The third-order valence-electron chi connectivity index (χ3n) is 8.24. The van der Waals surface area contributed by atoms with E-state index in [-0.39, 0.29) is 18.2 Å². The van der Waals surface area contributed by atoms with E-state index in [9.17, 15) is 13.9 Å². The standard InChI is InChI=1S/C29H32F2N4O3/c1-16-28(17(2)38-33-16)18-4-11-25-24(14-18)32-29(35(25)19-5-8-21(37-3)9-6-19)26-12-13-27(36)34(26)20-7-10-22(30)23(31)15-20/h4,7,10-11,14-15,19,21,26-27,36H,5-6,8-9,12-13H2,1-3H3/t19-,21+,26-,27?/m0/s1. The molecule has 0 amide bonds. The van der Waals surface area contributed by atoms with Crippen molar-refractivity contribution >= 4 is 16.7 Å². The minimum absolute atomic E-state index is 0.218. The lowest BCUT2D eigenvalue weighted by Gasteiger charge is -2.34. The van der Waals surface area contributed by atoms with Crippen LogP contribution in [0.2, 0.25) is 0 Å². The van der Waals surface area contributed by atoms with Gasteiger partial charge in [0.2, 0.25) is 0 Å². The molecule has 7 nitrogen and oxygen atoms in total. The van der Waals surface area contributed by atoms with Crippen molar-refractivity contribution < 1.29 is 23.1 Å². The number of aromatic nitrogens is 3. The summed E-state index contributed by atoms with van der Waals surface area (Å²) in [6.07, 6.45) is 4.39. The minimum atomic E-state index is -0.934. The van der Waals surface area contributed by atoms with Crippen LogP contribution in [0.4, 0.5) is 14.5 Å². The van der Waals surface area contributed by atoms with Gasteiger partial charge in [-0.2, -0.15) is 0 Å². The zero-order valence-electron chi connectivity index (χ0n) is 21.8. The van der Waals surface area contributed by atoms with Crippen LogP contribution in [0.1, 0.15) is 67.9 Å². The van der Waals surface area contributed by atoms with Gasteiger partial charge in [-0.05, 0) is 82.2 Å². The van der Waals surface area contributed by atoms with Gasteiger partial charge in [-0.25, -0.2) is 13.8 Å². The van der Waals surface area contributed by atoms with E-state index in [4.69, 9.17) is 14.2 Å². The first-order chi connectivity index (χ1) is 18.4. The van der Waals surface area contributed by atoms with E-state index in [1.165, 1.54) is 6.07 Å². The van der Waals surface area contributed by atoms with Crippen LogP contribution < -0.4 is 4.90 Å². The monoisotopic (exact) mass is 522 g/mol.